The molecule has 2 unspecified atom stereocenters. The van der Waals surface area contributed by atoms with E-state index in [4.69, 9.17) is 5.73 Å². The fraction of sp³-hybridized carbons (Fsp3) is 1.00. The monoisotopic (exact) mass is 267 g/mol. The van der Waals surface area contributed by atoms with E-state index in [1.54, 1.807) is 0 Å². The van der Waals surface area contributed by atoms with E-state index in [2.05, 4.69) is 0 Å². The summed E-state index contributed by atoms with van der Waals surface area (Å²) in [7, 11) is -5.86. The fourth-order valence-electron chi connectivity index (χ4n) is 2.64. The summed E-state index contributed by atoms with van der Waals surface area (Å²) in [6.45, 7) is 0. The highest BCUT2D eigenvalue weighted by Crippen LogP contribution is 2.30. The fourth-order valence-corrected chi connectivity index (χ4v) is 6.38. The van der Waals surface area contributed by atoms with Crippen molar-refractivity contribution in [2.24, 2.45) is 17.6 Å². The Morgan fingerprint density at radius 1 is 0.875 bits per heavy atom. The van der Waals surface area contributed by atoms with Gasteiger partial charge in [0.1, 0.15) is 0 Å². The molecule has 0 aromatic heterocycles. The molecule has 0 aromatic rings. The molecule has 16 heavy (non-hydrogen) atoms. The molecule has 0 aliphatic carbocycles. The Bertz CT molecular complexity index is 424. The summed E-state index contributed by atoms with van der Waals surface area (Å²) in [4.78, 5) is 0. The van der Waals surface area contributed by atoms with Crippen molar-refractivity contribution in [1.82, 2.24) is 0 Å². The number of hydrogen-bond acceptors (Lipinski definition) is 5. The average molecular weight is 267 g/mol. The van der Waals surface area contributed by atoms with Crippen LogP contribution in [0.15, 0.2) is 0 Å². The van der Waals surface area contributed by atoms with Gasteiger partial charge in [-0.3, -0.25) is 0 Å². The zero-order valence-electron chi connectivity index (χ0n) is 9.00. The predicted octanol–water partition coefficient (Wildman–Crippen LogP) is -0.817. The van der Waals surface area contributed by atoms with E-state index in [1.165, 1.54) is 0 Å². The lowest BCUT2D eigenvalue weighted by Crippen LogP contribution is -2.38. The van der Waals surface area contributed by atoms with E-state index in [9.17, 15) is 16.8 Å². The zero-order chi connectivity index (χ0) is 12.0. The Morgan fingerprint density at radius 3 is 1.50 bits per heavy atom. The molecule has 2 aliphatic rings. The summed E-state index contributed by atoms with van der Waals surface area (Å²) in [6.07, 6.45) is 1.17. The SMILES string of the molecule is NC(C1CCS(=O)(=O)C1)C1CCS(=O)(=O)C1. The molecule has 2 N–H and O–H groups in total. The molecule has 2 rings (SSSR count). The quantitative estimate of drug-likeness (QED) is 0.705. The Labute approximate surface area is 96.2 Å². The van der Waals surface area contributed by atoms with Crippen LogP contribution >= 0.6 is 0 Å². The molecule has 5 nitrogen and oxygen atoms in total. The Kier molecular flexibility index (Phi) is 3.05. The highest BCUT2D eigenvalue weighted by atomic mass is 32.2. The summed E-state index contributed by atoms with van der Waals surface area (Å²) in [6, 6.07) is -0.283. The number of nitrogens with two attached hydrogens (primary N) is 1. The lowest BCUT2D eigenvalue weighted by Gasteiger charge is -2.23. The van der Waals surface area contributed by atoms with Crippen LogP contribution in [0.5, 0.6) is 0 Å². The van der Waals surface area contributed by atoms with Crippen molar-refractivity contribution in [2.75, 3.05) is 23.0 Å². The van der Waals surface area contributed by atoms with Crippen LogP contribution in [0, 0.1) is 11.8 Å². The highest BCUT2D eigenvalue weighted by molar-refractivity contribution is 7.91. The molecule has 2 saturated heterocycles. The maximum absolute atomic E-state index is 11.3. The van der Waals surface area contributed by atoms with Gasteiger partial charge in [-0.15, -0.1) is 0 Å². The molecule has 0 aromatic carbocycles. The number of rotatable bonds is 2. The third-order valence-corrected chi connectivity index (χ3v) is 7.21. The Balaban J connectivity index is 2.02. The smallest absolute Gasteiger partial charge is 0.150 e. The van der Waals surface area contributed by atoms with Gasteiger partial charge in [-0.1, -0.05) is 0 Å². The first-order valence-electron chi connectivity index (χ1n) is 5.45. The van der Waals surface area contributed by atoms with E-state index < -0.39 is 19.7 Å². The van der Waals surface area contributed by atoms with Crippen molar-refractivity contribution in [3.05, 3.63) is 0 Å². The maximum atomic E-state index is 11.3. The molecule has 0 spiro atoms. The Morgan fingerprint density at radius 2 is 1.25 bits per heavy atom. The van der Waals surface area contributed by atoms with Crippen molar-refractivity contribution in [3.8, 4) is 0 Å². The molecule has 94 valence electrons. The molecule has 0 saturated carbocycles. The molecular formula is C9H17NO4S2. The average Bonchev–Trinajstić information content (AvgIpc) is 2.68. The summed E-state index contributed by atoms with van der Waals surface area (Å²) >= 11 is 0. The van der Waals surface area contributed by atoms with Gasteiger partial charge >= 0.3 is 0 Å². The van der Waals surface area contributed by atoms with Gasteiger partial charge < -0.3 is 5.73 Å². The first-order valence-corrected chi connectivity index (χ1v) is 9.10. The van der Waals surface area contributed by atoms with E-state index in [0.29, 0.717) is 12.8 Å². The third-order valence-electron chi connectivity index (χ3n) is 3.62. The van der Waals surface area contributed by atoms with Gasteiger partial charge in [-0.2, -0.15) is 0 Å². The van der Waals surface area contributed by atoms with Crippen LogP contribution in [-0.4, -0.2) is 45.9 Å². The lowest BCUT2D eigenvalue weighted by molar-refractivity contribution is 0.354. The van der Waals surface area contributed by atoms with Crippen molar-refractivity contribution >= 4 is 19.7 Å². The second kappa shape index (κ2) is 3.96. The van der Waals surface area contributed by atoms with Gasteiger partial charge in [0.15, 0.2) is 19.7 Å². The Hall–Kier alpha value is -0.140. The zero-order valence-corrected chi connectivity index (χ0v) is 10.6. The van der Waals surface area contributed by atoms with Crippen LogP contribution < -0.4 is 5.73 Å². The van der Waals surface area contributed by atoms with E-state index >= 15 is 0 Å². The van der Waals surface area contributed by atoms with Crippen LogP contribution in [0.2, 0.25) is 0 Å². The van der Waals surface area contributed by atoms with Crippen LogP contribution in [-0.2, 0) is 19.7 Å². The lowest BCUT2D eigenvalue weighted by atomic mass is 9.88. The molecule has 2 aliphatic heterocycles. The third kappa shape index (κ3) is 2.57. The van der Waals surface area contributed by atoms with Gasteiger partial charge in [0.25, 0.3) is 0 Å². The van der Waals surface area contributed by atoms with Crippen molar-refractivity contribution in [1.29, 1.82) is 0 Å². The molecule has 2 heterocycles. The molecule has 2 fully saturated rings. The predicted molar refractivity (Wildman–Crippen MR) is 61.5 cm³/mol. The van der Waals surface area contributed by atoms with Crippen molar-refractivity contribution in [3.63, 3.8) is 0 Å². The van der Waals surface area contributed by atoms with Crippen LogP contribution in [0.25, 0.3) is 0 Å². The van der Waals surface area contributed by atoms with Gasteiger partial charge in [-0.05, 0) is 24.7 Å². The van der Waals surface area contributed by atoms with Crippen LogP contribution in [0.3, 0.4) is 0 Å². The summed E-state index contributed by atoms with van der Waals surface area (Å²) in [5.74, 6) is 0.553. The molecule has 0 amide bonds. The van der Waals surface area contributed by atoms with Crippen LogP contribution in [0.4, 0.5) is 0 Å². The summed E-state index contributed by atoms with van der Waals surface area (Å²) < 4.78 is 45.3. The minimum atomic E-state index is -2.93. The number of sulfone groups is 2. The van der Waals surface area contributed by atoms with Gasteiger partial charge in [0.2, 0.25) is 0 Å². The first-order chi connectivity index (χ1) is 7.29. The standard InChI is InChI=1S/C9H17NO4S2/c10-9(7-1-3-15(11,12)5-7)8-2-4-16(13,14)6-8/h7-9H,1-6,10H2. The second-order valence-corrected chi connectivity index (χ2v) is 9.36. The molecule has 2 atom stereocenters. The van der Waals surface area contributed by atoms with E-state index in [1.807, 2.05) is 0 Å². The van der Waals surface area contributed by atoms with E-state index in [0.717, 1.165) is 0 Å². The van der Waals surface area contributed by atoms with Crippen LogP contribution in [0.1, 0.15) is 12.8 Å². The normalized spacial score (nSPS) is 38.6. The van der Waals surface area contributed by atoms with Gasteiger partial charge in [0, 0.05) is 6.04 Å². The molecule has 7 heteroatoms. The molecule has 0 radical (unpaired) electrons. The number of hydrogen-bond donors (Lipinski definition) is 1. The minimum absolute atomic E-state index is 0.0525. The summed E-state index contributed by atoms with van der Waals surface area (Å²) in [5, 5.41) is 0. The van der Waals surface area contributed by atoms with Crippen molar-refractivity contribution in [2.45, 2.75) is 18.9 Å². The molecular weight excluding hydrogens is 250 g/mol. The summed E-state index contributed by atoms with van der Waals surface area (Å²) in [5.41, 5.74) is 6.00. The van der Waals surface area contributed by atoms with Crippen molar-refractivity contribution < 1.29 is 16.8 Å². The second-order valence-electron chi connectivity index (χ2n) is 4.90. The minimum Gasteiger partial charge on any atom is -0.327 e. The maximum Gasteiger partial charge on any atom is 0.150 e. The highest BCUT2D eigenvalue weighted by Gasteiger charge is 2.39. The topological polar surface area (TPSA) is 94.3 Å². The first kappa shape index (κ1) is 12.3. The molecule has 0 bridgehead atoms. The van der Waals surface area contributed by atoms with Gasteiger partial charge in [0.05, 0.1) is 23.0 Å². The van der Waals surface area contributed by atoms with Gasteiger partial charge in [-0.25, -0.2) is 16.8 Å². The largest absolute Gasteiger partial charge is 0.327 e. The van der Waals surface area contributed by atoms with E-state index in [-0.39, 0.29) is 40.9 Å².